The summed E-state index contributed by atoms with van der Waals surface area (Å²) in [4.78, 5) is 0. The van der Waals surface area contributed by atoms with E-state index < -0.39 is 13.3 Å². The van der Waals surface area contributed by atoms with E-state index in [2.05, 4.69) is 0 Å². The normalized spacial score (nSPS) is 28.0. The van der Waals surface area contributed by atoms with Crippen LogP contribution in [0.1, 0.15) is 19.3 Å². The van der Waals surface area contributed by atoms with Crippen LogP contribution in [-0.2, 0) is 4.74 Å². The first-order valence-electron chi connectivity index (χ1n) is 3.20. The van der Waals surface area contributed by atoms with Crippen LogP contribution >= 0.6 is 0 Å². The Labute approximate surface area is 53.6 Å². The van der Waals surface area contributed by atoms with Crippen molar-refractivity contribution in [1.82, 2.24) is 0 Å². The molecule has 1 heterocycles. The third-order valence-electron chi connectivity index (χ3n) is 1.50. The van der Waals surface area contributed by atoms with Crippen molar-refractivity contribution in [2.24, 2.45) is 0 Å². The summed E-state index contributed by atoms with van der Waals surface area (Å²) < 4.78 is 28.4. The van der Waals surface area contributed by atoms with E-state index in [4.69, 9.17) is 4.74 Å². The summed E-state index contributed by atoms with van der Waals surface area (Å²) in [6.07, 6.45) is 2.34. The first kappa shape index (κ1) is 7.00. The molecule has 1 aliphatic heterocycles. The molecule has 1 aliphatic rings. The molecular formula is C5H9BF2O. The zero-order valence-electron chi connectivity index (χ0n) is 5.15. The minimum absolute atomic E-state index is 0.509. The van der Waals surface area contributed by atoms with Gasteiger partial charge in [0.25, 0.3) is 0 Å². The van der Waals surface area contributed by atoms with Gasteiger partial charge in [-0.1, -0.05) is 0 Å². The summed E-state index contributed by atoms with van der Waals surface area (Å²) in [7, 11) is -2.29. The lowest BCUT2D eigenvalue weighted by Gasteiger charge is -2.19. The van der Waals surface area contributed by atoms with E-state index in [1.165, 1.54) is 0 Å². The van der Waals surface area contributed by atoms with Gasteiger partial charge < -0.3 is 4.74 Å². The van der Waals surface area contributed by atoms with Gasteiger partial charge in [0.2, 0.25) is 0 Å². The average molecular weight is 134 g/mol. The van der Waals surface area contributed by atoms with E-state index in [0.717, 1.165) is 12.8 Å². The number of ether oxygens (including phenoxy) is 1. The smallest absolute Gasteiger partial charge is 0.380 e. The van der Waals surface area contributed by atoms with E-state index in [0.29, 0.717) is 13.0 Å². The van der Waals surface area contributed by atoms with E-state index in [1.54, 1.807) is 0 Å². The van der Waals surface area contributed by atoms with Crippen LogP contribution in [-0.4, -0.2) is 19.9 Å². The van der Waals surface area contributed by atoms with E-state index in [1.807, 2.05) is 0 Å². The number of halogens is 2. The van der Waals surface area contributed by atoms with Crippen LogP contribution < -0.4 is 0 Å². The molecule has 0 aromatic carbocycles. The predicted octanol–water partition coefficient (Wildman–Crippen LogP) is 1.52. The standard InChI is InChI=1S/C5H9BF2O/c7-6(8)5-3-1-2-4-9-5/h5H,1-4H2. The van der Waals surface area contributed by atoms with Gasteiger partial charge in [-0.2, -0.15) is 0 Å². The molecule has 0 aromatic heterocycles. The van der Waals surface area contributed by atoms with Crippen molar-refractivity contribution in [1.29, 1.82) is 0 Å². The number of rotatable bonds is 1. The second-order valence-corrected chi connectivity index (χ2v) is 2.24. The predicted molar refractivity (Wildman–Crippen MR) is 31.6 cm³/mol. The van der Waals surface area contributed by atoms with E-state index in [9.17, 15) is 8.63 Å². The van der Waals surface area contributed by atoms with Gasteiger partial charge in [-0.05, 0) is 19.3 Å². The summed E-state index contributed by atoms with van der Waals surface area (Å²) in [6, 6.07) is -0.779. The Kier molecular flexibility index (Phi) is 2.45. The average Bonchev–Trinajstić information content (AvgIpc) is 1.90. The highest BCUT2D eigenvalue weighted by molar-refractivity contribution is 6.44. The molecule has 0 N–H and O–H groups in total. The first-order chi connectivity index (χ1) is 4.30. The zero-order valence-corrected chi connectivity index (χ0v) is 5.15. The highest BCUT2D eigenvalue weighted by atomic mass is 19.2. The van der Waals surface area contributed by atoms with Crippen molar-refractivity contribution in [3.63, 3.8) is 0 Å². The van der Waals surface area contributed by atoms with Gasteiger partial charge >= 0.3 is 7.27 Å². The highest BCUT2D eigenvalue weighted by Gasteiger charge is 2.29. The molecule has 0 amide bonds. The molecular weight excluding hydrogens is 125 g/mol. The molecule has 0 spiro atoms. The SMILES string of the molecule is FB(F)C1CCCCO1. The summed E-state index contributed by atoms with van der Waals surface area (Å²) in [5, 5.41) is 0. The molecule has 0 bridgehead atoms. The first-order valence-corrected chi connectivity index (χ1v) is 3.20. The fraction of sp³-hybridized carbons (Fsp3) is 1.00. The van der Waals surface area contributed by atoms with Crippen LogP contribution in [0.2, 0.25) is 0 Å². The number of hydrogen-bond acceptors (Lipinski definition) is 1. The molecule has 1 rings (SSSR count). The highest BCUT2D eigenvalue weighted by Crippen LogP contribution is 2.15. The largest absolute Gasteiger partial charge is 0.566 e. The molecule has 9 heavy (non-hydrogen) atoms. The molecule has 0 aliphatic carbocycles. The van der Waals surface area contributed by atoms with Crippen molar-refractivity contribution in [2.45, 2.75) is 25.3 Å². The molecule has 1 fully saturated rings. The summed E-state index contributed by atoms with van der Waals surface area (Å²) in [6.45, 7) is 0.509. The van der Waals surface area contributed by atoms with Gasteiger partial charge in [-0.25, -0.2) is 0 Å². The maximum absolute atomic E-state index is 11.8. The Hall–Kier alpha value is -0.115. The monoisotopic (exact) mass is 134 g/mol. The molecule has 0 radical (unpaired) electrons. The van der Waals surface area contributed by atoms with Crippen molar-refractivity contribution in [2.75, 3.05) is 6.61 Å². The molecule has 0 saturated carbocycles. The second kappa shape index (κ2) is 3.15. The fourth-order valence-corrected chi connectivity index (χ4v) is 0.964. The molecule has 52 valence electrons. The molecule has 1 nitrogen and oxygen atoms in total. The lowest BCUT2D eigenvalue weighted by molar-refractivity contribution is 0.0532. The third kappa shape index (κ3) is 1.93. The topological polar surface area (TPSA) is 9.23 Å². The van der Waals surface area contributed by atoms with Crippen LogP contribution in [0.4, 0.5) is 8.63 Å². The Balaban J connectivity index is 2.23. The minimum Gasteiger partial charge on any atom is -0.380 e. The molecule has 0 aromatic rings. The summed E-state index contributed by atoms with van der Waals surface area (Å²) >= 11 is 0. The van der Waals surface area contributed by atoms with Crippen LogP contribution in [0.3, 0.4) is 0 Å². The lowest BCUT2D eigenvalue weighted by atomic mass is 9.83. The third-order valence-corrected chi connectivity index (χ3v) is 1.50. The quantitative estimate of drug-likeness (QED) is 0.494. The van der Waals surface area contributed by atoms with Crippen LogP contribution in [0, 0.1) is 0 Å². The second-order valence-electron chi connectivity index (χ2n) is 2.24. The minimum atomic E-state index is -2.29. The van der Waals surface area contributed by atoms with Gasteiger partial charge in [-0.3, -0.25) is 8.63 Å². The Morgan fingerprint density at radius 2 is 2.11 bits per heavy atom. The van der Waals surface area contributed by atoms with E-state index in [-0.39, 0.29) is 0 Å². The van der Waals surface area contributed by atoms with Gasteiger partial charge in [0.15, 0.2) is 0 Å². The van der Waals surface area contributed by atoms with Crippen molar-refractivity contribution >= 4 is 7.27 Å². The summed E-state index contributed by atoms with van der Waals surface area (Å²) in [5.74, 6) is 0. The number of hydrogen-bond donors (Lipinski definition) is 0. The molecule has 1 unspecified atom stereocenters. The lowest BCUT2D eigenvalue weighted by Crippen LogP contribution is -2.29. The Morgan fingerprint density at radius 3 is 2.44 bits per heavy atom. The molecule has 4 heteroatoms. The maximum Gasteiger partial charge on any atom is 0.566 e. The van der Waals surface area contributed by atoms with E-state index >= 15 is 0 Å². The Morgan fingerprint density at radius 1 is 1.33 bits per heavy atom. The van der Waals surface area contributed by atoms with Gasteiger partial charge in [0, 0.05) is 6.61 Å². The van der Waals surface area contributed by atoms with Crippen molar-refractivity contribution in [3.05, 3.63) is 0 Å². The van der Waals surface area contributed by atoms with Crippen LogP contribution in [0.25, 0.3) is 0 Å². The van der Waals surface area contributed by atoms with Crippen molar-refractivity contribution < 1.29 is 13.4 Å². The van der Waals surface area contributed by atoms with Gasteiger partial charge in [0.1, 0.15) is 6.00 Å². The van der Waals surface area contributed by atoms with Gasteiger partial charge in [-0.15, -0.1) is 0 Å². The fourth-order valence-electron chi connectivity index (χ4n) is 0.964. The molecule has 1 saturated heterocycles. The van der Waals surface area contributed by atoms with Crippen molar-refractivity contribution in [3.8, 4) is 0 Å². The summed E-state index contributed by atoms with van der Waals surface area (Å²) in [5.41, 5.74) is 0. The molecule has 1 atom stereocenters. The maximum atomic E-state index is 11.8. The van der Waals surface area contributed by atoms with Crippen LogP contribution in [0.5, 0.6) is 0 Å². The zero-order chi connectivity index (χ0) is 6.69. The Bertz CT molecular complexity index is 83.0. The van der Waals surface area contributed by atoms with Gasteiger partial charge in [0.05, 0.1) is 0 Å². The van der Waals surface area contributed by atoms with Crippen LogP contribution in [0.15, 0.2) is 0 Å².